The van der Waals surface area contributed by atoms with E-state index in [-0.39, 0.29) is 24.7 Å². The van der Waals surface area contributed by atoms with Gasteiger partial charge in [0, 0.05) is 18.7 Å². The summed E-state index contributed by atoms with van der Waals surface area (Å²) in [4.78, 5) is 4.35. The second-order valence-corrected chi connectivity index (χ2v) is 6.00. The van der Waals surface area contributed by atoms with Crippen molar-refractivity contribution in [2.45, 2.75) is 26.2 Å². The minimum Gasteiger partial charge on any atom is -0.497 e. The number of ether oxygens (including phenoxy) is 2. The lowest BCUT2D eigenvalue weighted by molar-refractivity contribution is -0.0504. The number of aliphatic hydroxyl groups is 1. The molecule has 2 aromatic carbocycles. The molecule has 0 aliphatic rings. The molecule has 0 fully saturated rings. The minimum atomic E-state index is -2.96. The molecule has 0 saturated heterocycles. The second-order valence-electron chi connectivity index (χ2n) is 6.00. The Hall–Kier alpha value is -2.94. The maximum absolute atomic E-state index is 13.0. The number of aliphatic hydroxyl groups excluding tert-OH is 1. The van der Waals surface area contributed by atoms with Gasteiger partial charge in [-0.2, -0.15) is 8.78 Å². The Bertz CT molecular complexity index is 801. The minimum absolute atomic E-state index is 0.00625. The lowest BCUT2D eigenvalue weighted by Crippen LogP contribution is -2.39. The Balaban J connectivity index is 2.09. The van der Waals surface area contributed by atoms with Gasteiger partial charge in [0.25, 0.3) is 0 Å². The fraction of sp³-hybridized carbons (Fsp3) is 0.350. The molecule has 0 aliphatic heterocycles. The molecule has 0 radical (unpaired) electrons. The highest BCUT2D eigenvalue weighted by Crippen LogP contribution is 2.26. The number of alkyl halides is 2. The lowest BCUT2D eigenvalue weighted by Gasteiger charge is -2.16. The molecule has 0 aromatic heterocycles. The van der Waals surface area contributed by atoms with Gasteiger partial charge in [-0.1, -0.05) is 12.1 Å². The predicted octanol–water partition coefficient (Wildman–Crippen LogP) is 3.22. The van der Waals surface area contributed by atoms with Gasteiger partial charge < -0.3 is 25.2 Å². The van der Waals surface area contributed by atoms with E-state index in [1.165, 1.54) is 43.5 Å². The Kier molecular flexibility index (Phi) is 8.60. The van der Waals surface area contributed by atoms with Crippen molar-refractivity contribution >= 4 is 5.96 Å². The Morgan fingerprint density at radius 1 is 1.14 bits per heavy atom. The van der Waals surface area contributed by atoms with Crippen LogP contribution in [-0.2, 0) is 6.54 Å². The number of benzene rings is 2. The molecule has 1 atom stereocenters. The fourth-order valence-electron chi connectivity index (χ4n) is 2.52. The van der Waals surface area contributed by atoms with Gasteiger partial charge in [-0.25, -0.2) is 9.38 Å². The largest absolute Gasteiger partial charge is 0.497 e. The van der Waals surface area contributed by atoms with Gasteiger partial charge >= 0.3 is 6.61 Å². The topological polar surface area (TPSA) is 75.1 Å². The van der Waals surface area contributed by atoms with Gasteiger partial charge in [0.05, 0.1) is 19.8 Å². The quantitative estimate of drug-likeness (QED) is 0.436. The monoisotopic (exact) mass is 411 g/mol. The highest BCUT2D eigenvalue weighted by Gasteiger charge is 2.12. The smallest absolute Gasteiger partial charge is 0.387 e. The molecule has 2 aromatic rings. The molecule has 0 bridgehead atoms. The average Bonchev–Trinajstić information content (AvgIpc) is 2.70. The third kappa shape index (κ3) is 7.19. The van der Waals surface area contributed by atoms with Crippen LogP contribution >= 0.6 is 0 Å². The van der Waals surface area contributed by atoms with E-state index in [1.807, 2.05) is 6.92 Å². The van der Waals surface area contributed by atoms with Gasteiger partial charge in [0.1, 0.15) is 17.3 Å². The third-order valence-corrected chi connectivity index (χ3v) is 3.95. The molecule has 3 N–H and O–H groups in total. The molecule has 158 valence electrons. The molecular formula is C20H24F3N3O3. The molecule has 9 heteroatoms. The van der Waals surface area contributed by atoms with Crippen molar-refractivity contribution in [2.75, 3.05) is 20.2 Å². The molecule has 0 heterocycles. The van der Waals surface area contributed by atoms with E-state index < -0.39 is 12.7 Å². The predicted molar refractivity (Wildman–Crippen MR) is 104 cm³/mol. The number of rotatable bonds is 9. The normalized spacial score (nSPS) is 12.6. The first kappa shape index (κ1) is 22.4. The van der Waals surface area contributed by atoms with E-state index in [0.29, 0.717) is 29.4 Å². The van der Waals surface area contributed by atoms with Gasteiger partial charge in [-0.05, 0) is 42.8 Å². The van der Waals surface area contributed by atoms with Gasteiger partial charge in [-0.3, -0.25) is 0 Å². The number of halogens is 3. The van der Waals surface area contributed by atoms with Gasteiger partial charge in [-0.15, -0.1) is 0 Å². The second kappa shape index (κ2) is 11.2. The van der Waals surface area contributed by atoms with Crippen LogP contribution in [0.1, 0.15) is 24.2 Å². The summed E-state index contributed by atoms with van der Waals surface area (Å²) >= 11 is 0. The Morgan fingerprint density at radius 2 is 1.86 bits per heavy atom. The fourth-order valence-corrected chi connectivity index (χ4v) is 2.52. The third-order valence-electron chi connectivity index (χ3n) is 3.95. The van der Waals surface area contributed by atoms with E-state index in [1.54, 1.807) is 6.07 Å². The van der Waals surface area contributed by atoms with Crippen LogP contribution in [0.25, 0.3) is 0 Å². The van der Waals surface area contributed by atoms with Crippen molar-refractivity contribution in [3.8, 4) is 11.5 Å². The molecule has 29 heavy (non-hydrogen) atoms. The summed E-state index contributed by atoms with van der Waals surface area (Å²) in [6, 6.07) is 10.0. The number of nitrogens with zero attached hydrogens (tertiary/aromatic N) is 1. The summed E-state index contributed by atoms with van der Waals surface area (Å²) in [5.41, 5.74) is 0.969. The number of guanidine groups is 1. The van der Waals surface area contributed by atoms with Gasteiger partial charge in [0.15, 0.2) is 5.96 Å². The summed E-state index contributed by atoms with van der Waals surface area (Å²) < 4.78 is 47.9. The zero-order valence-corrected chi connectivity index (χ0v) is 16.2. The van der Waals surface area contributed by atoms with Crippen molar-refractivity contribution in [3.63, 3.8) is 0 Å². The maximum atomic E-state index is 13.0. The van der Waals surface area contributed by atoms with Crippen molar-refractivity contribution < 1.29 is 27.8 Å². The highest BCUT2D eigenvalue weighted by molar-refractivity contribution is 5.79. The number of methoxy groups -OCH3 is 1. The van der Waals surface area contributed by atoms with Crippen molar-refractivity contribution in [2.24, 2.45) is 4.99 Å². The first-order chi connectivity index (χ1) is 13.9. The van der Waals surface area contributed by atoms with E-state index in [4.69, 9.17) is 4.74 Å². The van der Waals surface area contributed by atoms with Crippen LogP contribution in [0.4, 0.5) is 13.2 Å². The number of aliphatic imine (C=N–C) groups is 1. The van der Waals surface area contributed by atoms with E-state index in [2.05, 4.69) is 20.4 Å². The summed E-state index contributed by atoms with van der Waals surface area (Å²) in [5, 5.41) is 16.2. The molecule has 0 amide bonds. The highest BCUT2D eigenvalue weighted by atomic mass is 19.3. The average molecular weight is 411 g/mol. The van der Waals surface area contributed by atoms with Crippen LogP contribution in [0.2, 0.25) is 0 Å². The van der Waals surface area contributed by atoms with Crippen molar-refractivity contribution in [1.29, 1.82) is 0 Å². The lowest BCUT2D eigenvalue weighted by atomic mass is 10.1. The van der Waals surface area contributed by atoms with Crippen molar-refractivity contribution in [3.05, 3.63) is 59.4 Å². The first-order valence-corrected chi connectivity index (χ1v) is 9.00. The molecule has 6 nitrogen and oxygen atoms in total. The summed E-state index contributed by atoms with van der Waals surface area (Å²) in [6.45, 7) is -0.373. The summed E-state index contributed by atoms with van der Waals surface area (Å²) in [5.74, 6) is 0.483. The van der Waals surface area contributed by atoms with Crippen LogP contribution < -0.4 is 20.1 Å². The summed E-state index contributed by atoms with van der Waals surface area (Å²) in [6.07, 6.45) is -0.881. The number of nitrogens with one attached hydrogen (secondary N) is 2. The standard InChI is InChI=1S/C20H24F3N3O3/c1-3-24-20(26-12-17(27)13-4-6-15(21)7-5-13)25-11-14-10-16(28-2)8-9-18(14)29-19(22)23/h4-10,17,19,27H,3,11-12H2,1-2H3,(H2,24,25,26). The zero-order chi connectivity index (χ0) is 21.2. The number of hydrogen-bond donors (Lipinski definition) is 3. The van der Waals surface area contributed by atoms with Crippen LogP contribution in [-0.4, -0.2) is 37.9 Å². The molecule has 0 aliphatic carbocycles. The summed E-state index contributed by atoms with van der Waals surface area (Å²) in [7, 11) is 1.47. The molecule has 0 spiro atoms. The molecule has 1 unspecified atom stereocenters. The van der Waals surface area contributed by atoms with E-state index >= 15 is 0 Å². The maximum Gasteiger partial charge on any atom is 0.387 e. The molecule has 0 saturated carbocycles. The van der Waals surface area contributed by atoms with Crippen LogP contribution in [0.3, 0.4) is 0 Å². The first-order valence-electron chi connectivity index (χ1n) is 9.00. The molecular weight excluding hydrogens is 387 g/mol. The van der Waals surface area contributed by atoms with Crippen LogP contribution in [0.15, 0.2) is 47.5 Å². The number of hydrogen-bond acceptors (Lipinski definition) is 4. The zero-order valence-electron chi connectivity index (χ0n) is 16.2. The van der Waals surface area contributed by atoms with Crippen LogP contribution in [0.5, 0.6) is 11.5 Å². The van der Waals surface area contributed by atoms with Crippen LogP contribution in [0, 0.1) is 5.82 Å². The van der Waals surface area contributed by atoms with E-state index in [9.17, 15) is 18.3 Å². The Morgan fingerprint density at radius 3 is 2.48 bits per heavy atom. The molecule has 2 rings (SSSR count). The SMILES string of the molecule is CCNC(=NCc1cc(OC)ccc1OC(F)F)NCC(O)c1ccc(F)cc1. The Labute approximate surface area is 167 Å². The van der Waals surface area contributed by atoms with Gasteiger partial charge in [0.2, 0.25) is 0 Å². The van der Waals surface area contributed by atoms with E-state index in [0.717, 1.165) is 0 Å². The van der Waals surface area contributed by atoms with Crippen molar-refractivity contribution in [1.82, 2.24) is 10.6 Å².